The lowest BCUT2D eigenvalue weighted by Gasteiger charge is -2.37. The van der Waals surface area contributed by atoms with Gasteiger partial charge in [-0.05, 0) is 31.4 Å². The molecule has 1 aliphatic rings. The number of carbonyl (C=O) groups excluding carboxylic acids is 1. The van der Waals surface area contributed by atoms with E-state index in [9.17, 15) is 4.79 Å². The number of nitrogens with zero attached hydrogens (tertiary/aromatic N) is 1. The second-order valence-corrected chi connectivity index (χ2v) is 5.52. The van der Waals surface area contributed by atoms with E-state index in [1.54, 1.807) is 0 Å². The van der Waals surface area contributed by atoms with Crippen LogP contribution in [0.1, 0.15) is 44.1 Å². The Morgan fingerprint density at radius 3 is 2.80 bits per heavy atom. The first-order valence-corrected chi connectivity index (χ1v) is 7.55. The van der Waals surface area contributed by atoms with Crippen LogP contribution in [0.3, 0.4) is 0 Å². The summed E-state index contributed by atoms with van der Waals surface area (Å²) >= 11 is 0. The van der Waals surface area contributed by atoms with Gasteiger partial charge in [0.2, 0.25) is 5.91 Å². The van der Waals surface area contributed by atoms with Gasteiger partial charge < -0.3 is 0 Å². The number of likely N-dealkylation sites (tertiary alicyclic amines) is 1. The molecule has 2 rings (SSSR count). The summed E-state index contributed by atoms with van der Waals surface area (Å²) in [5, 5.41) is 0. The molecule has 1 amide bonds. The maximum atomic E-state index is 12.1. The number of benzene rings is 1. The van der Waals surface area contributed by atoms with Crippen molar-refractivity contribution in [2.45, 2.75) is 44.6 Å². The van der Waals surface area contributed by atoms with Crippen LogP contribution in [0.2, 0.25) is 0 Å². The molecule has 1 fully saturated rings. The molecule has 1 aromatic rings. The summed E-state index contributed by atoms with van der Waals surface area (Å²) in [5.41, 5.74) is 3.36. The predicted molar refractivity (Wildman–Crippen MR) is 81.0 cm³/mol. The fourth-order valence-electron chi connectivity index (χ4n) is 3.12. The predicted octanol–water partition coefficient (Wildman–Crippen LogP) is 2.02. The number of hydrogen-bond acceptors (Lipinski definition) is 3. The molecule has 0 radical (unpaired) electrons. The van der Waals surface area contributed by atoms with Gasteiger partial charge >= 0.3 is 0 Å². The standard InChI is InChI=1S/C16H25N3O/c1-2-14-10-6-7-11-19(14)12-15(16(20)18-17)13-8-4-3-5-9-13/h3-5,8-9,14-15H,2,6-7,10-12,17H2,1H3,(H,18,20). The van der Waals surface area contributed by atoms with E-state index in [0.717, 1.165) is 25.1 Å². The number of piperidine rings is 1. The number of carbonyl (C=O) groups is 1. The van der Waals surface area contributed by atoms with Crippen LogP contribution in [0, 0.1) is 0 Å². The Labute approximate surface area is 121 Å². The zero-order valence-corrected chi connectivity index (χ0v) is 12.2. The Balaban J connectivity index is 2.13. The molecule has 3 N–H and O–H groups in total. The molecule has 110 valence electrons. The van der Waals surface area contributed by atoms with E-state index in [0.29, 0.717) is 6.04 Å². The Kier molecular flexibility index (Phi) is 5.56. The van der Waals surface area contributed by atoms with Gasteiger partial charge in [-0.3, -0.25) is 15.1 Å². The molecule has 1 aromatic carbocycles. The number of hydrogen-bond donors (Lipinski definition) is 2. The Morgan fingerprint density at radius 1 is 1.40 bits per heavy atom. The molecule has 4 nitrogen and oxygen atoms in total. The van der Waals surface area contributed by atoms with Crippen LogP contribution in [0.15, 0.2) is 30.3 Å². The summed E-state index contributed by atoms with van der Waals surface area (Å²) in [6, 6.07) is 10.5. The molecule has 20 heavy (non-hydrogen) atoms. The summed E-state index contributed by atoms with van der Waals surface area (Å²) in [6.45, 7) is 4.06. The van der Waals surface area contributed by atoms with Crippen molar-refractivity contribution in [3.8, 4) is 0 Å². The normalized spacial score (nSPS) is 21.4. The highest BCUT2D eigenvalue weighted by atomic mass is 16.2. The topological polar surface area (TPSA) is 58.4 Å². The molecular weight excluding hydrogens is 250 g/mol. The van der Waals surface area contributed by atoms with Gasteiger partial charge in [-0.15, -0.1) is 0 Å². The van der Waals surface area contributed by atoms with Crippen molar-refractivity contribution in [1.29, 1.82) is 0 Å². The van der Waals surface area contributed by atoms with Crippen LogP contribution in [0.4, 0.5) is 0 Å². The highest BCUT2D eigenvalue weighted by molar-refractivity contribution is 5.83. The Morgan fingerprint density at radius 2 is 2.15 bits per heavy atom. The maximum Gasteiger partial charge on any atom is 0.242 e. The number of nitrogens with one attached hydrogen (secondary N) is 1. The minimum Gasteiger partial charge on any atom is -0.299 e. The third-order valence-electron chi connectivity index (χ3n) is 4.30. The van der Waals surface area contributed by atoms with E-state index < -0.39 is 0 Å². The maximum absolute atomic E-state index is 12.1. The molecule has 1 saturated heterocycles. The van der Waals surface area contributed by atoms with E-state index in [2.05, 4.69) is 17.2 Å². The summed E-state index contributed by atoms with van der Waals surface area (Å²) in [4.78, 5) is 14.6. The Bertz CT molecular complexity index is 421. The third-order valence-corrected chi connectivity index (χ3v) is 4.30. The number of rotatable bonds is 5. The minimum atomic E-state index is -0.187. The van der Waals surface area contributed by atoms with E-state index in [1.807, 2.05) is 30.3 Å². The number of hydrazine groups is 1. The van der Waals surface area contributed by atoms with E-state index in [4.69, 9.17) is 5.84 Å². The fraction of sp³-hybridized carbons (Fsp3) is 0.562. The summed E-state index contributed by atoms with van der Waals surface area (Å²) in [6.07, 6.45) is 4.91. The quantitative estimate of drug-likeness (QED) is 0.491. The molecule has 2 atom stereocenters. The molecule has 2 unspecified atom stereocenters. The highest BCUT2D eigenvalue weighted by Gasteiger charge is 2.27. The van der Waals surface area contributed by atoms with Crippen LogP contribution in [0.5, 0.6) is 0 Å². The van der Waals surface area contributed by atoms with Gasteiger partial charge in [-0.1, -0.05) is 43.7 Å². The first-order chi connectivity index (χ1) is 9.76. The third kappa shape index (κ3) is 3.58. The van der Waals surface area contributed by atoms with Gasteiger partial charge in [-0.25, -0.2) is 5.84 Å². The monoisotopic (exact) mass is 275 g/mol. The van der Waals surface area contributed by atoms with Gasteiger partial charge in [0.1, 0.15) is 0 Å². The second kappa shape index (κ2) is 7.41. The molecule has 4 heteroatoms. The summed E-state index contributed by atoms with van der Waals surface area (Å²) in [7, 11) is 0. The first-order valence-electron chi connectivity index (χ1n) is 7.55. The second-order valence-electron chi connectivity index (χ2n) is 5.52. The first kappa shape index (κ1) is 15.0. The smallest absolute Gasteiger partial charge is 0.242 e. The molecule has 1 aliphatic heterocycles. The summed E-state index contributed by atoms with van der Waals surface area (Å²) in [5.74, 6) is 5.08. The molecule has 0 spiro atoms. The van der Waals surface area contributed by atoms with Crippen molar-refractivity contribution in [2.75, 3.05) is 13.1 Å². The Hall–Kier alpha value is -1.39. The SMILES string of the molecule is CCC1CCCCN1CC(C(=O)NN)c1ccccc1. The van der Waals surface area contributed by atoms with Gasteiger partial charge in [0.25, 0.3) is 0 Å². The van der Waals surface area contributed by atoms with Crippen LogP contribution in [0.25, 0.3) is 0 Å². The lowest BCUT2D eigenvalue weighted by Crippen LogP contribution is -2.45. The molecule has 0 aromatic heterocycles. The average Bonchev–Trinajstić information content (AvgIpc) is 2.53. The van der Waals surface area contributed by atoms with Crippen molar-refractivity contribution in [3.63, 3.8) is 0 Å². The van der Waals surface area contributed by atoms with E-state index in [-0.39, 0.29) is 11.8 Å². The minimum absolute atomic E-state index is 0.100. The van der Waals surface area contributed by atoms with Gasteiger partial charge in [0.05, 0.1) is 5.92 Å². The zero-order valence-electron chi connectivity index (χ0n) is 12.2. The lowest BCUT2D eigenvalue weighted by atomic mass is 9.94. The molecule has 0 bridgehead atoms. The van der Waals surface area contributed by atoms with Crippen LogP contribution >= 0.6 is 0 Å². The van der Waals surface area contributed by atoms with E-state index >= 15 is 0 Å². The molecule has 0 saturated carbocycles. The highest BCUT2D eigenvalue weighted by Crippen LogP contribution is 2.24. The fourth-order valence-corrected chi connectivity index (χ4v) is 3.12. The van der Waals surface area contributed by atoms with Crippen LogP contribution in [-0.4, -0.2) is 29.9 Å². The molecule has 0 aliphatic carbocycles. The summed E-state index contributed by atoms with van der Waals surface area (Å²) < 4.78 is 0. The van der Waals surface area contributed by atoms with Crippen molar-refractivity contribution in [1.82, 2.24) is 10.3 Å². The van der Waals surface area contributed by atoms with Crippen molar-refractivity contribution >= 4 is 5.91 Å². The number of nitrogens with two attached hydrogens (primary N) is 1. The molecule has 1 heterocycles. The van der Waals surface area contributed by atoms with Crippen molar-refractivity contribution < 1.29 is 4.79 Å². The largest absolute Gasteiger partial charge is 0.299 e. The number of amides is 1. The lowest BCUT2D eigenvalue weighted by molar-refractivity contribution is -0.123. The molecular formula is C16H25N3O. The van der Waals surface area contributed by atoms with Crippen molar-refractivity contribution in [3.05, 3.63) is 35.9 Å². The van der Waals surface area contributed by atoms with E-state index in [1.165, 1.54) is 19.3 Å². The van der Waals surface area contributed by atoms with Crippen LogP contribution in [-0.2, 0) is 4.79 Å². The zero-order chi connectivity index (χ0) is 14.4. The van der Waals surface area contributed by atoms with Crippen LogP contribution < -0.4 is 11.3 Å². The van der Waals surface area contributed by atoms with Gasteiger partial charge in [0, 0.05) is 12.6 Å². The van der Waals surface area contributed by atoms with Gasteiger partial charge in [0.15, 0.2) is 0 Å². The average molecular weight is 275 g/mol. The van der Waals surface area contributed by atoms with Crippen molar-refractivity contribution in [2.24, 2.45) is 5.84 Å². The van der Waals surface area contributed by atoms with Gasteiger partial charge in [-0.2, -0.15) is 0 Å².